The number of ether oxygens (including phenoxy) is 1. The summed E-state index contributed by atoms with van der Waals surface area (Å²) >= 11 is 0. The minimum atomic E-state index is -0.189. The Morgan fingerprint density at radius 3 is 2.65 bits per heavy atom. The van der Waals surface area contributed by atoms with Crippen molar-refractivity contribution < 1.29 is 9.53 Å². The van der Waals surface area contributed by atoms with E-state index in [0.29, 0.717) is 12.3 Å². The predicted octanol–water partition coefficient (Wildman–Crippen LogP) is 2.47. The summed E-state index contributed by atoms with van der Waals surface area (Å²) in [4.78, 5) is 11.9. The second-order valence-corrected chi connectivity index (χ2v) is 4.50. The van der Waals surface area contributed by atoms with Gasteiger partial charge in [0.05, 0.1) is 0 Å². The standard InChI is InChI=1S/C16H18N2O2/c1-12-7-8-13(10-17)9-15(12)18-16(19)11-20-14-5-3-2-4-6-14/h2-9H,10-11,17H2,1H3,(H,18,19). The molecule has 0 aliphatic rings. The molecule has 1 amide bonds. The zero-order valence-corrected chi connectivity index (χ0v) is 11.4. The maximum atomic E-state index is 11.9. The van der Waals surface area contributed by atoms with Crippen molar-refractivity contribution >= 4 is 11.6 Å². The topological polar surface area (TPSA) is 64.3 Å². The van der Waals surface area contributed by atoms with Gasteiger partial charge in [0.2, 0.25) is 0 Å². The normalized spacial score (nSPS) is 10.1. The monoisotopic (exact) mass is 270 g/mol. The van der Waals surface area contributed by atoms with Crippen LogP contribution in [0.5, 0.6) is 5.75 Å². The number of amides is 1. The van der Waals surface area contributed by atoms with E-state index in [4.69, 9.17) is 10.5 Å². The first kappa shape index (κ1) is 14.1. The van der Waals surface area contributed by atoms with Crippen molar-refractivity contribution in [3.8, 4) is 5.75 Å². The molecule has 0 aliphatic carbocycles. The van der Waals surface area contributed by atoms with E-state index in [0.717, 1.165) is 16.8 Å². The van der Waals surface area contributed by atoms with Crippen molar-refractivity contribution in [2.24, 2.45) is 5.73 Å². The maximum absolute atomic E-state index is 11.9. The number of rotatable bonds is 5. The summed E-state index contributed by atoms with van der Waals surface area (Å²) in [6.45, 7) is 2.37. The quantitative estimate of drug-likeness (QED) is 0.877. The molecule has 2 aromatic carbocycles. The fourth-order valence-corrected chi connectivity index (χ4v) is 1.78. The maximum Gasteiger partial charge on any atom is 0.262 e. The number of nitrogens with one attached hydrogen (secondary N) is 1. The van der Waals surface area contributed by atoms with Crippen LogP contribution in [0.2, 0.25) is 0 Å². The van der Waals surface area contributed by atoms with Gasteiger partial charge in [-0.05, 0) is 36.2 Å². The van der Waals surface area contributed by atoms with Crippen molar-refractivity contribution in [2.75, 3.05) is 11.9 Å². The van der Waals surface area contributed by atoms with Gasteiger partial charge in [-0.1, -0.05) is 30.3 Å². The summed E-state index contributed by atoms with van der Waals surface area (Å²) in [6, 6.07) is 15.0. The third-order valence-electron chi connectivity index (χ3n) is 2.92. The van der Waals surface area contributed by atoms with Crippen LogP contribution >= 0.6 is 0 Å². The molecule has 4 nitrogen and oxygen atoms in total. The Balaban J connectivity index is 1.94. The molecule has 2 aromatic rings. The second kappa shape index (κ2) is 6.73. The summed E-state index contributed by atoms with van der Waals surface area (Å²) < 4.78 is 5.40. The highest BCUT2D eigenvalue weighted by molar-refractivity contribution is 5.92. The molecule has 0 fully saturated rings. The van der Waals surface area contributed by atoms with E-state index in [1.807, 2.05) is 55.5 Å². The van der Waals surface area contributed by atoms with Crippen molar-refractivity contribution in [1.29, 1.82) is 0 Å². The van der Waals surface area contributed by atoms with Gasteiger partial charge in [-0.3, -0.25) is 4.79 Å². The van der Waals surface area contributed by atoms with Gasteiger partial charge in [-0.2, -0.15) is 0 Å². The third-order valence-corrected chi connectivity index (χ3v) is 2.92. The molecule has 0 unspecified atom stereocenters. The van der Waals surface area contributed by atoms with Gasteiger partial charge in [0.1, 0.15) is 5.75 Å². The molecule has 104 valence electrons. The van der Waals surface area contributed by atoms with Gasteiger partial charge in [-0.15, -0.1) is 0 Å². The summed E-state index contributed by atoms with van der Waals surface area (Å²) in [5.41, 5.74) is 8.35. The highest BCUT2D eigenvalue weighted by Crippen LogP contribution is 2.16. The van der Waals surface area contributed by atoms with E-state index in [-0.39, 0.29) is 12.5 Å². The van der Waals surface area contributed by atoms with E-state index in [1.165, 1.54) is 0 Å². The van der Waals surface area contributed by atoms with Gasteiger partial charge in [0.25, 0.3) is 5.91 Å². The fraction of sp³-hybridized carbons (Fsp3) is 0.188. The average molecular weight is 270 g/mol. The lowest BCUT2D eigenvalue weighted by atomic mass is 10.1. The predicted molar refractivity (Wildman–Crippen MR) is 79.6 cm³/mol. The molecule has 4 heteroatoms. The second-order valence-electron chi connectivity index (χ2n) is 4.50. The van der Waals surface area contributed by atoms with Crippen LogP contribution in [0.3, 0.4) is 0 Å². The van der Waals surface area contributed by atoms with Crippen molar-refractivity contribution in [3.63, 3.8) is 0 Å². The average Bonchev–Trinajstić information content (AvgIpc) is 2.48. The van der Waals surface area contributed by atoms with Crippen LogP contribution in [-0.4, -0.2) is 12.5 Å². The molecular weight excluding hydrogens is 252 g/mol. The van der Waals surface area contributed by atoms with Crippen LogP contribution in [0.4, 0.5) is 5.69 Å². The highest BCUT2D eigenvalue weighted by atomic mass is 16.5. The van der Waals surface area contributed by atoms with Crippen LogP contribution in [-0.2, 0) is 11.3 Å². The third kappa shape index (κ3) is 3.83. The molecule has 0 saturated carbocycles. The molecule has 0 bridgehead atoms. The van der Waals surface area contributed by atoms with Gasteiger partial charge < -0.3 is 15.8 Å². The minimum Gasteiger partial charge on any atom is -0.484 e. The van der Waals surface area contributed by atoms with E-state index >= 15 is 0 Å². The van der Waals surface area contributed by atoms with E-state index in [1.54, 1.807) is 0 Å². The molecule has 0 aliphatic heterocycles. The first-order valence-electron chi connectivity index (χ1n) is 6.46. The molecular formula is C16H18N2O2. The van der Waals surface area contributed by atoms with Crippen LogP contribution in [0, 0.1) is 6.92 Å². The molecule has 2 rings (SSSR count). The highest BCUT2D eigenvalue weighted by Gasteiger charge is 2.06. The Morgan fingerprint density at radius 1 is 1.20 bits per heavy atom. The number of carbonyl (C=O) groups excluding carboxylic acids is 1. The molecule has 3 N–H and O–H groups in total. The molecule has 0 atom stereocenters. The zero-order chi connectivity index (χ0) is 14.4. The number of carbonyl (C=O) groups is 1. The first-order valence-corrected chi connectivity index (χ1v) is 6.46. The summed E-state index contributed by atoms with van der Waals surface area (Å²) in [6.07, 6.45) is 0. The Kier molecular flexibility index (Phi) is 4.74. The minimum absolute atomic E-state index is 0.0176. The van der Waals surface area contributed by atoms with Crippen LogP contribution in [0.15, 0.2) is 48.5 Å². The number of benzene rings is 2. The van der Waals surface area contributed by atoms with E-state index < -0.39 is 0 Å². The number of para-hydroxylation sites is 1. The number of aryl methyl sites for hydroxylation is 1. The first-order chi connectivity index (χ1) is 9.69. The lowest BCUT2D eigenvalue weighted by Gasteiger charge is -2.11. The smallest absolute Gasteiger partial charge is 0.262 e. The van der Waals surface area contributed by atoms with E-state index in [2.05, 4.69) is 5.32 Å². The van der Waals surface area contributed by atoms with Crippen LogP contribution in [0.1, 0.15) is 11.1 Å². The van der Waals surface area contributed by atoms with Gasteiger partial charge in [0, 0.05) is 12.2 Å². The molecule has 20 heavy (non-hydrogen) atoms. The van der Waals surface area contributed by atoms with Crippen molar-refractivity contribution in [2.45, 2.75) is 13.5 Å². The number of nitrogens with two attached hydrogens (primary N) is 1. The van der Waals surface area contributed by atoms with Crippen LogP contribution in [0.25, 0.3) is 0 Å². The fourth-order valence-electron chi connectivity index (χ4n) is 1.78. The summed E-state index contributed by atoms with van der Waals surface area (Å²) in [5.74, 6) is 0.487. The summed E-state index contributed by atoms with van der Waals surface area (Å²) in [5, 5.41) is 2.84. The Labute approximate surface area is 118 Å². The number of hydrogen-bond acceptors (Lipinski definition) is 3. The van der Waals surface area contributed by atoms with Gasteiger partial charge >= 0.3 is 0 Å². The molecule has 0 radical (unpaired) electrons. The molecule has 0 heterocycles. The number of anilines is 1. The van der Waals surface area contributed by atoms with Crippen molar-refractivity contribution in [1.82, 2.24) is 0 Å². The molecule has 0 saturated heterocycles. The number of hydrogen-bond donors (Lipinski definition) is 2. The molecule has 0 aromatic heterocycles. The Hall–Kier alpha value is -2.33. The van der Waals surface area contributed by atoms with Gasteiger partial charge in [0.15, 0.2) is 6.61 Å². The van der Waals surface area contributed by atoms with Crippen LogP contribution < -0.4 is 15.8 Å². The lowest BCUT2D eigenvalue weighted by molar-refractivity contribution is -0.118. The SMILES string of the molecule is Cc1ccc(CN)cc1NC(=O)COc1ccccc1. The van der Waals surface area contributed by atoms with Gasteiger partial charge in [-0.25, -0.2) is 0 Å². The van der Waals surface area contributed by atoms with Crippen molar-refractivity contribution in [3.05, 3.63) is 59.7 Å². The molecule has 0 spiro atoms. The zero-order valence-electron chi connectivity index (χ0n) is 11.4. The summed E-state index contributed by atoms with van der Waals surface area (Å²) in [7, 11) is 0. The largest absolute Gasteiger partial charge is 0.484 e. The van der Waals surface area contributed by atoms with E-state index in [9.17, 15) is 4.79 Å². The Bertz CT molecular complexity index is 582. The lowest BCUT2D eigenvalue weighted by Crippen LogP contribution is -2.20. The Morgan fingerprint density at radius 2 is 1.95 bits per heavy atom.